The van der Waals surface area contributed by atoms with Gasteiger partial charge in [-0.05, 0) is 39.2 Å². The molecule has 10 heteroatoms. The van der Waals surface area contributed by atoms with Crippen molar-refractivity contribution in [2.45, 2.75) is 59.2 Å². The molecule has 184 valence electrons. The van der Waals surface area contributed by atoms with Crippen LogP contribution in [0.15, 0.2) is 18.2 Å². The molecular weight excluding hydrogens is 430 g/mol. The predicted octanol–water partition coefficient (Wildman–Crippen LogP) is 2.04. The number of phenolic OH excluding ortho intramolecular Hbond substituents is 1. The van der Waals surface area contributed by atoms with Gasteiger partial charge in [0.2, 0.25) is 11.8 Å². The number of phenols is 1. The molecule has 0 heterocycles. The first-order chi connectivity index (χ1) is 15.2. The summed E-state index contributed by atoms with van der Waals surface area (Å²) in [5.74, 6) is -2.43. The second kappa shape index (κ2) is 11.5. The Labute approximate surface area is 194 Å². The average Bonchev–Trinajstić information content (AvgIpc) is 2.71. The SMILES string of the molecule is COC(=O)CNC(=O)C(c1cccc(C)c1O)N(C)C(=O)C(NC(=O)OC(C)(C)C)C(C)C. The Bertz CT molecular complexity index is 877. The van der Waals surface area contributed by atoms with Crippen LogP contribution < -0.4 is 10.6 Å². The van der Waals surface area contributed by atoms with Gasteiger partial charge in [0, 0.05) is 12.6 Å². The number of esters is 1. The zero-order chi connectivity index (χ0) is 25.5. The number of benzene rings is 1. The maximum Gasteiger partial charge on any atom is 0.408 e. The van der Waals surface area contributed by atoms with E-state index in [1.54, 1.807) is 53.7 Å². The van der Waals surface area contributed by atoms with E-state index in [2.05, 4.69) is 15.4 Å². The Balaban J connectivity index is 3.30. The number of carbonyl (C=O) groups excluding carboxylic acids is 4. The second-order valence-corrected chi connectivity index (χ2v) is 9.03. The molecule has 33 heavy (non-hydrogen) atoms. The number of hydrogen-bond donors (Lipinski definition) is 3. The Morgan fingerprint density at radius 1 is 1.15 bits per heavy atom. The largest absolute Gasteiger partial charge is 0.507 e. The summed E-state index contributed by atoms with van der Waals surface area (Å²) >= 11 is 0. The molecule has 0 aliphatic heterocycles. The van der Waals surface area contributed by atoms with E-state index in [1.165, 1.54) is 20.2 Å². The molecule has 1 aromatic rings. The number of para-hydroxylation sites is 1. The lowest BCUT2D eigenvalue weighted by Gasteiger charge is -2.33. The zero-order valence-corrected chi connectivity index (χ0v) is 20.5. The van der Waals surface area contributed by atoms with E-state index in [9.17, 15) is 24.3 Å². The van der Waals surface area contributed by atoms with Crippen molar-refractivity contribution < 1.29 is 33.8 Å². The van der Waals surface area contributed by atoms with Crippen LogP contribution in [0.25, 0.3) is 0 Å². The normalized spacial score (nSPS) is 13.0. The minimum absolute atomic E-state index is 0.156. The van der Waals surface area contributed by atoms with Crippen molar-refractivity contribution in [3.8, 4) is 5.75 Å². The highest BCUT2D eigenvalue weighted by molar-refractivity contribution is 5.93. The van der Waals surface area contributed by atoms with Gasteiger partial charge in [0.15, 0.2) is 0 Å². The van der Waals surface area contributed by atoms with E-state index >= 15 is 0 Å². The van der Waals surface area contributed by atoms with Gasteiger partial charge in [0.05, 0.1) is 7.11 Å². The molecule has 0 aliphatic rings. The summed E-state index contributed by atoms with van der Waals surface area (Å²) in [5, 5.41) is 15.6. The van der Waals surface area contributed by atoms with Crippen molar-refractivity contribution in [2.75, 3.05) is 20.7 Å². The molecule has 10 nitrogen and oxygen atoms in total. The van der Waals surface area contributed by atoms with Crippen LogP contribution in [0.2, 0.25) is 0 Å². The summed E-state index contributed by atoms with van der Waals surface area (Å²) in [6.07, 6.45) is -0.770. The first-order valence-electron chi connectivity index (χ1n) is 10.6. The molecule has 0 saturated heterocycles. The highest BCUT2D eigenvalue weighted by atomic mass is 16.6. The molecule has 2 unspecified atom stereocenters. The molecule has 0 saturated carbocycles. The standard InChI is InChI=1S/C23H35N3O7/c1-13(2)17(25-22(31)33-23(4,5)6)21(30)26(7)18(20(29)24-12-16(27)32-8)15-11-9-10-14(3)19(15)28/h9-11,13,17-18,28H,12H2,1-8H3,(H,24,29)(H,25,31). The minimum Gasteiger partial charge on any atom is -0.507 e. The fraction of sp³-hybridized carbons (Fsp3) is 0.565. The highest BCUT2D eigenvalue weighted by Gasteiger charge is 2.36. The Kier molecular flexibility index (Phi) is 9.69. The topological polar surface area (TPSA) is 134 Å². The molecule has 0 aliphatic carbocycles. The van der Waals surface area contributed by atoms with E-state index in [-0.39, 0.29) is 17.2 Å². The fourth-order valence-electron chi connectivity index (χ4n) is 3.05. The van der Waals surface area contributed by atoms with Gasteiger partial charge in [0.25, 0.3) is 0 Å². The van der Waals surface area contributed by atoms with Gasteiger partial charge in [-0.15, -0.1) is 0 Å². The minimum atomic E-state index is -1.27. The zero-order valence-electron chi connectivity index (χ0n) is 20.5. The van der Waals surface area contributed by atoms with Crippen molar-refractivity contribution in [3.63, 3.8) is 0 Å². The van der Waals surface area contributed by atoms with Gasteiger partial charge in [-0.25, -0.2) is 4.79 Å². The van der Waals surface area contributed by atoms with Crippen LogP contribution in [-0.2, 0) is 23.9 Å². The Morgan fingerprint density at radius 3 is 2.27 bits per heavy atom. The number of nitrogens with one attached hydrogen (secondary N) is 2. The average molecular weight is 466 g/mol. The van der Waals surface area contributed by atoms with Crippen molar-refractivity contribution in [1.82, 2.24) is 15.5 Å². The number of hydrogen-bond acceptors (Lipinski definition) is 7. The van der Waals surface area contributed by atoms with Gasteiger partial charge in [0.1, 0.15) is 30.0 Å². The number of amides is 3. The third-order valence-electron chi connectivity index (χ3n) is 4.79. The van der Waals surface area contributed by atoms with Crippen LogP contribution >= 0.6 is 0 Å². The van der Waals surface area contributed by atoms with Gasteiger partial charge in [-0.3, -0.25) is 14.4 Å². The molecule has 2 atom stereocenters. The number of methoxy groups -OCH3 is 1. The van der Waals surface area contributed by atoms with Crippen LogP contribution in [0.3, 0.4) is 0 Å². The van der Waals surface area contributed by atoms with Gasteiger partial charge < -0.3 is 30.1 Å². The molecule has 1 rings (SSSR count). The van der Waals surface area contributed by atoms with Crippen LogP contribution in [-0.4, -0.2) is 66.2 Å². The number of nitrogens with zero attached hydrogens (tertiary/aromatic N) is 1. The van der Waals surface area contributed by atoms with Gasteiger partial charge in [-0.1, -0.05) is 32.0 Å². The number of aryl methyl sites for hydroxylation is 1. The van der Waals surface area contributed by atoms with E-state index in [0.717, 1.165) is 4.90 Å². The van der Waals surface area contributed by atoms with Gasteiger partial charge >= 0.3 is 12.1 Å². The third-order valence-corrected chi connectivity index (χ3v) is 4.79. The second-order valence-electron chi connectivity index (χ2n) is 9.03. The van der Waals surface area contributed by atoms with Crippen molar-refractivity contribution in [2.24, 2.45) is 5.92 Å². The molecule has 0 radical (unpaired) electrons. The summed E-state index contributed by atoms with van der Waals surface area (Å²) in [6, 6.07) is 2.53. The summed E-state index contributed by atoms with van der Waals surface area (Å²) in [4.78, 5) is 51.4. The quantitative estimate of drug-likeness (QED) is 0.500. The van der Waals surface area contributed by atoms with Crippen molar-refractivity contribution in [1.29, 1.82) is 0 Å². The van der Waals surface area contributed by atoms with E-state index in [4.69, 9.17) is 4.74 Å². The maximum atomic E-state index is 13.4. The summed E-state index contributed by atoms with van der Waals surface area (Å²) in [7, 11) is 2.57. The number of ether oxygens (including phenoxy) is 2. The summed E-state index contributed by atoms with van der Waals surface area (Å²) < 4.78 is 9.81. The molecule has 3 amide bonds. The summed E-state index contributed by atoms with van der Waals surface area (Å²) in [5.41, 5.74) is -0.0797. The number of likely N-dealkylation sites (N-methyl/N-ethyl adjacent to an activating group) is 1. The lowest BCUT2D eigenvalue weighted by Crippen LogP contribution is -2.53. The third kappa shape index (κ3) is 7.96. The number of carbonyl (C=O) groups is 4. The first kappa shape index (κ1) is 27.7. The fourth-order valence-corrected chi connectivity index (χ4v) is 3.05. The lowest BCUT2D eigenvalue weighted by atomic mass is 9.97. The molecule has 0 aromatic heterocycles. The predicted molar refractivity (Wildman–Crippen MR) is 121 cm³/mol. The number of alkyl carbamates (subject to hydrolysis) is 1. The van der Waals surface area contributed by atoms with Gasteiger partial charge in [-0.2, -0.15) is 0 Å². The van der Waals surface area contributed by atoms with Crippen LogP contribution in [0.5, 0.6) is 5.75 Å². The molecule has 3 N–H and O–H groups in total. The monoisotopic (exact) mass is 465 g/mol. The van der Waals surface area contributed by atoms with E-state index in [1.807, 2.05) is 0 Å². The molecule has 1 aromatic carbocycles. The molecule has 0 spiro atoms. The van der Waals surface area contributed by atoms with Crippen LogP contribution in [0, 0.1) is 12.8 Å². The number of rotatable bonds is 8. The smallest absolute Gasteiger partial charge is 0.408 e. The van der Waals surface area contributed by atoms with Crippen molar-refractivity contribution in [3.05, 3.63) is 29.3 Å². The first-order valence-corrected chi connectivity index (χ1v) is 10.6. The Hall–Kier alpha value is -3.30. The number of aromatic hydroxyl groups is 1. The molecular formula is C23H35N3O7. The lowest BCUT2D eigenvalue weighted by molar-refractivity contribution is -0.144. The molecule has 0 bridgehead atoms. The highest BCUT2D eigenvalue weighted by Crippen LogP contribution is 2.31. The van der Waals surface area contributed by atoms with Crippen LogP contribution in [0.4, 0.5) is 4.79 Å². The summed E-state index contributed by atoms with van der Waals surface area (Å²) in [6.45, 7) is 9.83. The van der Waals surface area contributed by atoms with E-state index in [0.29, 0.717) is 5.56 Å². The van der Waals surface area contributed by atoms with Crippen molar-refractivity contribution >= 4 is 23.9 Å². The maximum absolute atomic E-state index is 13.4. The molecule has 0 fully saturated rings. The Morgan fingerprint density at radius 2 is 1.76 bits per heavy atom. The van der Waals surface area contributed by atoms with E-state index < -0.39 is 48.1 Å². The van der Waals surface area contributed by atoms with Crippen LogP contribution in [0.1, 0.15) is 51.8 Å².